The normalized spacial score (nSPS) is 17.2. The SMILES string of the molecule is COc1ccc(NC(=O)COC(=O)[C@H]2CCCO2)cc1S(=O)(=O)N(C)C. The zero-order valence-corrected chi connectivity index (χ0v) is 15.7. The number of nitrogens with one attached hydrogen (secondary N) is 1. The molecule has 0 spiro atoms. The van der Waals surface area contributed by atoms with Gasteiger partial charge in [0.2, 0.25) is 10.0 Å². The van der Waals surface area contributed by atoms with Crippen molar-refractivity contribution in [1.82, 2.24) is 4.31 Å². The third-order valence-electron chi connectivity index (χ3n) is 3.74. The number of methoxy groups -OCH3 is 1. The number of hydrogen-bond acceptors (Lipinski definition) is 7. The van der Waals surface area contributed by atoms with Crippen molar-refractivity contribution in [2.24, 2.45) is 0 Å². The molecule has 0 bridgehead atoms. The Morgan fingerprint density at radius 1 is 1.35 bits per heavy atom. The van der Waals surface area contributed by atoms with Crippen LogP contribution >= 0.6 is 0 Å². The highest BCUT2D eigenvalue weighted by Gasteiger charge is 2.26. The van der Waals surface area contributed by atoms with Crippen LogP contribution in [0, 0.1) is 0 Å². The summed E-state index contributed by atoms with van der Waals surface area (Å²) in [7, 11) is 0.381. The third-order valence-corrected chi connectivity index (χ3v) is 5.58. The maximum Gasteiger partial charge on any atom is 0.335 e. The summed E-state index contributed by atoms with van der Waals surface area (Å²) in [6.07, 6.45) is 0.728. The second-order valence-corrected chi connectivity index (χ2v) is 7.93. The molecule has 1 heterocycles. The Hall–Kier alpha value is -2.17. The fraction of sp³-hybridized carbons (Fsp3) is 0.500. The number of amides is 1. The first-order valence-corrected chi connectivity index (χ1v) is 9.38. The van der Waals surface area contributed by atoms with Crippen molar-refractivity contribution in [2.75, 3.05) is 39.7 Å². The quantitative estimate of drug-likeness (QED) is 0.683. The molecule has 0 saturated carbocycles. The van der Waals surface area contributed by atoms with Crippen LogP contribution < -0.4 is 10.1 Å². The second-order valence-electron chi connectivity index (χ2n) is 5.81. The van der Waals surface area contributed by atoms with E-state index in [0.29, 0.717) is 13.0 Å². The van der Waals surface area contributed by atoms with E-state index in [2.05, 4.69) is 5.32 Å². The Labute approximate surface area is 152 Å². The van der Waals surface area contributed by atoms with Crippen LogP contribution in [0.5, 0.6) is 5.75 Å². The molecule has 1 saturated heterocycles. The highest BCUT2D eigenvalue weighted by molar-refractivity contribution is 7.89. The van der Waals surface area contributed by atoms with E-state index in [1.807, 2.05) is 0 Å². The van der Waals surface area contributed by atoms with Crippen LogP contribution in [0.1, 0.15) is 12.8 Å². The number of sulfonamides is 1. The van der Waals surface area contributed by atoms with E-state index < -0.39 is 34.6 Å². The van der Waals surface area contributed by atoms with E-state index in [-0.39, 0.29) is 16.3 Å². The largest absolute Gasteiger partial charge is 0.495 e. The van der Waals surface area contributed by atoms with Gasteiger partial charge in [0, 0.05) is 26.4 Å². The van der Waals surface area contributed by atoms with Crippen molar-refractivity contribution in [1.29, 1.82) is 0 Å². The number of carbonyl (C=O) groups is 2. The van der Waals surface area contributed by atoms with Crippen molar-refractivity contribution >= 4 is 27.6 Å². The molecule has 26 heavy (non-hydrogen) atoms. The Bertz CT molecular complexity index is 771. The molecule has 1 amide bonds. The average molecular weight is 386 g/mol. The summed E-state index contributed by atoms with van der Waals surface area (Å²) in [6.45, 7) is 0.0153. The summed E-state index contributed by atoms with van der Waals surface area (Å²) in [5.41, 5.74) is 0.240. The van der Waals surface area contributed by atoms with Crippen molar-refractivity contribution in [3.8, 4) is 5.75 Å². The van der Waals surface area contributed by atoms with Crippen molar-refractivity contribution < 1.29 is 32.2 Å². The zero-order valence-electron chi connectivity index (χ0n) is 14.9. The third kappa shape index (κ3) is 4.71. The highest BCUT2D eigenvalue weighted by atomic mass is 32.2. The van der Waals surface area contributed by atoms with Crippen molar-refractivity contribution in [2.45, 2.75) is 23.8 Å². The van der Waals surface area contributed by atoms with E-state index in [1.54, 1.807) is 0 Å². The molecule has 10 heteroatoms. The average Bonchev–Trinajstić information content (AvgIpc) is 3.14. The lowest BCUT2D eigenvalue weighted by Gasteiger charge is -2.16. The van der Waals surface area contributed by atoms with Gasteiger partial charge in [0.1, 0.15) is 10.6 Å². The second kappa shape index (κ2) is 8.47. The molecule has 1 aliphatic rings. The van der Waals surface area contributed by atoms with E-state index in [0.717, 1.165) is 10.7 Å². The number of rotatable bonds is 7. The fourth-order valence-corrected chi connectivity index (χ4v) is 3.42. The van der Waals surface area contributed by atoms with Crippen LogP contribution in [0.2, 0.25) is 0 Å². The molecule has 0 aromatic heterocycles. The van der Waals surface area contributed by atoms with Crippen molar-refractivity contribution in [3.63, 3.8) is 0 Å². The molecular weight excluding hydrogens is 364 g/mol. The number of ether oxygens (including phenoxy) is 3. The molecule has 1 atom stereocenters. The first-order chi connectivity index (χ1) is 12.3. The first kappa shape index (κ1) is 20.1. The summed E-state index contributed by atoms with van der Waals surface area (Å²) in [6, 6.07) is 4.21. The zero-order chi connectivity index (χ0) is 19.3. The summed E-state index contributed by atoms with van der Waals surface area (Å²) in [5.74, 6) is -1.01. The van der Waals surface area contributed by atoms with Gasteiger partial charge in [-0.1, -0.05) is 0 Å². The van der Waals surface area contributed by atoms with Crippen LogP contribution in [0.3, 0.4) is 0 Å². The van der Waals surface area contributed by atoms with Gasteiger partial charge in [0.05, 0.1) is 7.11 Å². The Balaban J connectivity index is 2.04. The van der Waals surface area contributed by atoms with Crippen LogP contribution in [0.4, 0.5) is 5.69 Å². The number of anilines is 1. The lowest BCUT2D eigenvalue weighted by atomic mass is 10.2. The number of benzene rings is 1. The molecule has 0 unspecified atom stereocenters. The smallest absolute Gasteiger partial charge is 0.335 e. The van der Waals surface area contributed by atoms with Gasteiger partial charge in [-0.05, 0) is 31.0 Å². The molecule has 1 aromatic carbocycles. The molecule has 0 radical (unpaired) electrons. The molecular formula is C16H22N2O7S. The monoisotopic (exact) mass is 386 g/mol. The highest BCUT2D eigenvalue weighted by Crippen LogP contribution is 2.28. The molecule has 1 fully saturated rings. The molecule has 1 aromatic rings. The molecule has 0 aliphatic carbocycles. The van der Waals surface area contributed by atoms with Gasteiger partial charge in [0.15, 0.2) is 12.7 Å². The van der Waals surface area contributed by atoms with Gasteiger partial charge >= 0.3 is 5.97 Å². The standard InChI is InChI=1S/C16H22N2O7S/c1-18(2)26(21,22)14-9-11(6-7-12(14)23-3)17-15(19)10-25-16(20)13-5-4-8-24-13/h6-7,9,13H,4-5,8,10H2,1-3H3,(H,17,19)/t13-/m1/s1. The number of nitrogens with zero attached hydrogens (tertiary/aromatic N) is 1. The predicted molar refractivity (Wildman–Crippen MR) is 92.4 cm³/mol. The van der Waals surface area contributed by atoms with Crippen LogP contribution in [-0.2, 0) is 29.1 Å². The van der Waals surface area contributed by atoms with Gasteiger partial charge in [-0.25, -0.2) is 17.5 Å². The van der Waals surface area contributed by atoms with Crippen LogP contribution in [0.25, 0.3) is 0 Å². The summed E-state index contributed by atoms with van der Waals surface area (Å²) in [4.78, 5) is 23.6. The fourth-order valence-electron chi connectivity index (χ4n) is 2.34. The minimum Gasteiger partial charge on any atom is -0.495 e. The van der Waals surface area contributed by atoms with Crippen LogP contribution in [-0.4, -0.2) is 65.1 Å². The first-order valence-electron chi connectivity index (χ1n) is 7.94. The van der Waals surface area contributed by atoms with Crippen LogP contribution in [0.15, 0.2) is 23.1 Å². The van der Waals surface area contributed by atoms with Gasteiger partial charge in [-0.15, -0.1) is 0 Å². The predicted octanol–water partition coefficient (Wildman–Crippen LogP) is 0.606. The summed E-state index contributed by atoms with van der Waals surface area (Å²) < 4.78 is 40.9. The van der Waals surface area contributed by atoms with Gasteiger partial charge in [0.25, 0.3) is 5.91 Å². The van der Waals surface area contributed by atoms with Gasteiger partial charge in [-0.3, -0.25) is 4.79 Å². The summed E-state index contributed by atoms with van der Waals surface area (Å²) >= 11 is 0. The maximum atomic E-state index is 12.4. The Kier molecular flexibility index (Phi) is 6.57. The minimum atomic E-state index is -3.76. The van der Waals surface area contributed by atoms with Crippen molar-refractivity contribution in [3.05, 3.63) is 18.2 Å². The molecule has 1 aliphatic heterocycles. The number of hydrogen-bond donors (Lipinski definition) is 1. The summed E-state index contributed by atoms with van der Waals surface area (Å²) in [5, 5.41) is 2.50. The Morgan fingerprint density at radius 2 is 2.08 bits per heavy atom. The Morgan fingerprint density at radius 3 is 2.65 bits per heavy atom. The maximum absolute atomic E-state index is 12.4. The molecule has 9 nitrogen and oxygen atoms in total. The molecule has 2 rings (SSSR count). The lowest BCUT2D eigenvalue weighted by molar-refractivity contribution is -0.156. The van der Waals surface area contributed by atoms with Gasteiger partial charge in [-0.2, -0.15) is 0 Å². The number of esters is 1. The van der Waals surface area contributed by atoms with E-state index in [9.17, 15) is 18.0 Å². The van der Waals surface area contributed by atoms with E-state index >= 15 is 0 Å². The van der Waals surface area contributed by atoms with Gasteiger partial charge < -0.3 is 19.5 Å². The molecule has 1 N–H and O–H groups in total. The van der Waals surface area contributed by atoms with E-state index in [4.69, 9.17) is 14.2 Å². The minimum absolute atomic E-state index is 0.0841. The number of carbonyl (C=O) groups excluding carboxylic acids is 2. The topological polar surface area (TPSA) is 111 Å². The molecule has 144 valence electrons. The lowest BCUT2D eigenvalue weighted by Crippen LogP contribution is -2.27. The van der Waals surface area contributed by atoms with E-state index in [1.165, 1.54) is 39.4 Å².